The lowest BCUT2D eigenvalue weighted by Crippen LogP contribution is -2.31. The van der Waals surface area contributed by atoms with E-state index in [1.165, 1.54) is 5.56 Å². The van der Waals surface area contributed by atoms with Crippen molar-refractivity contribution in [3.05, 3.63) is 63.6 Å². The number of nitrogens with two attached hydrogens (primary N) is 1. The van der Waals surface area contributed by atoms with E-state index in [1.807, 2.05) is 18.2 Å². The number of aryl methyl sites for hydroxylation is 2. The van der Waals surface area contributed by atoms with Crippen molar-refractivity contribution in [2.45, 2.75) is 39.3 Å². The number of hydrogen-bond donors (Lipinski definition) is 1. The first-order valence-corrected chi connectivity index (χ1v) is 8.05. The average Bonchev–Trinajstić information content (AvgIpc) is 2.47. The molecule has 3 heteroatoms. The summed E-state index contributed by atoms with van der Waals surface area (Å²) >= 11 is 3.51. The van der Waals surface area contributed by atoms with Gasteiger partial charge in [-0.05, 0) is 49.6 Å². The summed E-state index contributed by atoms with van der Waals surface area (Å²) in [6.45, 7) is 6.23. The monoisotopic (exact) mass is 347 g/mol. The topological polar surface area (TPSA) is 35.2 Å². The zero-order chi connectivity index (χ0) is 15.4. The van der Waals surface area contributed by atoms with Crippen LogP contribution >= 0.6 is 15.9 Å². The van der Waals surface area contributed by atoms with Crippen molar-refractivity contribution in [1.82, 2.24) is 0 Å². The van der Waals surface area contributed by atoms with Crippen LogP contribution < -0.4 is 10.5 Å². The summed E-state index contributed by atoms with van der Waals surface area (Å²) in [6.07, 6.45) is 0.740. The Morgan fingerprint density at radius 1 is 1.14 bits per heavy atom. The van der Waals surface area contributed by atoms with Gasteiger partial charge in [-0.2, -0.15) is 0 Å². The van der Waals surface area contributed by atoms with Crippen LogP contribution in [-0.4, -0.2) is 6.04 Å². The second-order valence-corrected chi connectivity index (χ2v) is 6.29. The Bertz CT molecular complexity index is 612. The lowest BCUT2D eigenvalue weighted by atomic mass is 9.99. The minimum absolute atomic E-state index is 0.0317. The van der Waals surface area contributed by atoms with Gasteiger partial charge in [-0.15, -0.1) is 0 Å². The Kier molecular flexibility index (Phi) is 5.43. The molecule has 2 unspecified atom stereocenters. The molecule has 21 heavy (non-hydrogen) atoms. The van der Waals surface area contributed by atoms with Crippen molar-refractivity contribution in [1.29, 1.82) is 0 Å². The van der Waals surface area contributed by atoms with Gasteiger partial charge in [-0.1, -0.05) is 52.7 Å². The molecular weight excluding hydrogens is 326 g/mol. The van der Waals surface area contributed by atoms with Gasteiger partial charge in [-0.3, -0.25) is 0 Å². The molecule has 0 amide bonds. The van der Waals surface area contributed by atoms with Gasteiger partial charge >= 0.3 is 0 Å². The standard InChI is InChI=1S/C18H22BrNO/c1-4-17(20)18(14-7-5-6-12(2)10-14)21-15-8-9-16(19)13(3)11-15/h5-11,17-18H,4,20H2,1-3H3. The van der Waals surface area contributed by atoms with Crippen molar-refractivity contribution >= 4 is 15.9 Å². The second kappa shape index (κ2) is 7.10. The van der Waals surface area contributed by atoms with E-state index in [0.717, 1.165) is 27.8 Å². The lowest BCUT2D eigenvalue weighted by molar-refractivity contribution is 0.171. The zero-order valence-corrected chi connectivity index (χ0v) is 14.4. The van der Waals surface area contributed by atoms with Crippen molar-refractivity contribution < 1.29 is 4.74 Å². The maximum Gasteiger partial charge on any atom is 0.139 e. The van der Waals surface area contributed by atoms with Crippen LogP contribution in [0.5, 0.6) is 5.75 Å². The Morgan fingerprint density at radius 2 is 1.90 bits per heavy atom. The molecule has 2 aromatic carbocycles. The van der Waals surface area contributed by atoms with Crippen LogP contribution in [0, 0.1) is 13.8 Å². The predicted octanol–water partition coefficient (Wildman–Crippen LogP) is 4.92. The summed E-state index contributed by atoms with van der Waals surface area (Å²) in [4.78, 5) is 0. The molecular formula is C18H22BrNO. The molecule has 0 bridgehead atoms. The molecule has 112 valence electrons. The van der Waals surface area contributed by atoms with Gasteiger partial charge in [0.25, 0.3) is 0 Å². The Morgan fingerprint density at radius 3 is 2.52 bits per heavy atom. The molecule has 0 heterocycles. The SMILES string of the molecule is CCC(N)C(Oc1ccc(Br)c(C)c1)c1cccc(C)c1. The second-order valence-electron chi connectivity index (χ2n) is 5.44. The van der Waals surface area contributed by atoms with Crippen molar-refractivity contribution in [3.63, 3.8) is 0 Å². The highest BCUT2D eigenvalue weighted by Gasteiger charge is 2.20. The maximum atomic E-state index is 6.28. The number of rotatable bonds is 5. The first-order chi connectivity index (χ1) is 10.0. The maximum absolute atomic E-state index is 6.28. The Labute approximate surface area is 135 Å². The molecule has 0 aromatic heterocycles. The third-order valence-corrected chi connectivity index (χ3v) is 4.51. The third-order valence-electron chi connectivity index (χ3n) is 3.62. The van der Waals surface area contributed by atoms with Crippen LogP contribution in [0.4, 0.5) is 0 Å². The van der Waals surface area contributed by atoms with E-state index < -0.39 is 0 Å². The van der Waals surface area contributed by atoms with Crippen molar-refractivity contribution in [3.8, 4) is 5.75 Å². The molecule has 2 nitrogen and oxygen atoms in total. The van der Waals surface area contributed by atoms with Crippen molar-refractivity contribution in [2.24, 2.45) is 5.73 Å². The van der Waals surface area contributed by atoms with E-state index >= 15 is 0 Å². The van der Waals surface area contributed by atoms with E-state index in [2.05, 4.69) is 61.0 Å². The molecule has 2 N–H and O–H groups in total. The van der Waals surface area contributed by atoms with Crippen LogP contribution in [0.15, 0.2) is 46.9 Å². The minimum Gasteiger partial charge on any atom is -0.484 e. The fourth-order valence-corrected chi connectivity index (χ4v) is 2.55. The number of benzene rings is 2. The quantitative estimate of drug-likeness (QED) is 0.832. The number of halogens is 1. The molecule has 0 aliphatic heterocycles. The van der Waals surface area contributed by atoms with Gasteiger partial charge < -0.3 is 10.5 Å². The highest BCUT2D eigenvalue weighted by atomic mass is 79.9. The van der Waals surface area contributed by atoms with Crippen LogP contribution in [0.2, 0.25) is 0 Å². The molecule has 0 aliphatic rings. The van der Waals surface area contributed by atoms with Crippen molar-refractivity contribution in [2.75, 3.05) is 0 Å². The Balaban J connectivity index is 2.30. The van der Waals surface area contributed by atoms with E-state index in [9.17, 15) is 0 Å². The molecule has 0 saturated carbocycles. The van der Waals surface area contributed by atoms with Gasteiger partial charge in [0, 0.05) is 10.5 Å². The van der Waals surface area contributed by atoms with Crippen LogP contribution in [0.3, 0.4) is 0 Å². The molecule has 2 rings (SSSR count). The summed E-state index contributed by atoms with van der Waals surface area (Å²) in [5, 5.41) is 0. The number of hydrogen-bond acceptors (Lipinski definition) is 2. The minimum atomic E-state index is -0.129. The summed E-state index contributed by atoms with van der Waals surface area (Å²) in [5.74, 6) is 0.853. The third kappa shape index (κ3) is 4.08. The van der Waals surface area contributed by atoms with Gasteiger partial charge in [0.15, 0.2) is 0 Å². The van der Waals surface area contributed by atoms with Gasteiger partial charge in [0.2, 0.25) is 0 Å². The summed E-state index contributed by atoms with van der Waals surface area (Å²) < 4.78 is 7.28. The molecule has 2 aromatic rings. The van der Waals surface area contributed by atoms with Crippen LogP contribution in [0.25, 0.3) is 0 Å². The van der Waals surface area contributed by atoms with E-state index in [-0.39, 0.29) is 12.1 Å². The summed E-state index contributed by atoms with van der Waals surface area (Å²) in [5.41, 5.74) is 9.78. The smallest absolute Gasteiger partial charge is 0.139 e. The first-order valence-electron chi connectivity index (χ1n) is 7.26. The van der Waals surface area contributed by atoms with E-state index in [1.54, 1.807) is 0 Å². The molecule has 0 fully saturated rings. The van der Waals surface area contributed by atoms with Crippen LogP contribution in [0.1, 0.15) is 36.1 Å². The summed E-state index contributed by atoms with van der Waals surface area (Å²) in [7, 11) is 0. The van der Waals surface area contributed by atoms with E-state index in [0.29, 0.717) is 0 Å². The molecule has 0 radical (unpaired) electrons. The Hall–Kier alpha value is -1.32. The van der Waals surface area contributed by atoms with Crippen LogP contribution in [-0.2, 0) is 0 Å². The van der Waals surface area contributed by atoms with E-state index in [4.69, 9.17) is 10.5 Å². The molecule has 0 saturated heterocycles. The van der Waals surface area contributed by atoms with Gasteiger partial charge in [0.1, 0.15) is 11.9 Å². The fraction of sp³-hybridized carbons (Fsp3) is 0.333. The molecule has 0 aliphatic carbocycles. The predicted molar refractivity (Wildman–Crippen MR) is 91.7 cm³/mol. The highest BCUT2D eigenvalue weighted by Crippen LogP contribution is 2.28. The lowest BCUT2D eigenvalue weighted by Gasteiger charge is -2.25. The number of ether oxygens (including phenoxy) is 1. The average molecular weight is 348 g/mol. The largest absolute Gasteiger partial charge is 0.484 e. The first kappa shape index (κ1) is 16.1. The van der Waals surface area contributed by atoms with Gasteiger partial charge in [0.05, 0.1) is 0 Å². The fourth-order valence-electron chi connectivity index (χ4n) is 2.30. The zero-order valence-electron chi connectivity index (χ0n) is 12.8. The summed E-state index contributed by atoms with van der Waals surface area (Å²) in [6, 6.07) is 14.4. The van der Waals surface area contributed by atoms with Gasteiger partial charge in [-0.25, -0.2) is 0 Å². The normalized spacial score (nSPS) is 13.8. The highest BCUT2D eigenvalue weighted by molar-refractivity contribution is 9.10. The molecule has 0 spiro atoms. The molecule has 2 atom stereocenters.